The predicted molar refractivity (Wildman–Crippen MR) is 71.6 cm³/mol. The van der Waals surface area contributed by atoms with Gasteiger partial charge in [-0.15, -0.1) is 0 Å². The number of benzene rings is 1. The zero-order valence-corrected chi connectivity index (χ0v) is 11.3. The average molecular weight is 265 g/mol. The first-order valence-electron chi connectivity index (χ1n) is 6.12. The molecule has 4 heteroatoms. The Kier molecular flexibility index (Phi) is 4.11. The fourth-order valence-corrected chi connectivity index (χ4v) is 2.24. The van der Waals surface area contributed by atoms with Crippen molar-refractivity contribution in [2.45, 2.75) is 25.8 Å². The second-order valence-electron chi connectivity index (χ2n) is 4.88. The van der Waals surface area contributed by atoms with Crippen LogP contribution in [0.25, 0.3) is 0 Å². The van der Waals surface area contributed by atoms with Crippen LogP contribution in [0.1, 0.15) is 24.8 Å². The summed E-state index contributed by atoms with van der Waals surface area (Å²) in [6.45, 7) is 1.31. The molecule has 0 amide bonds. The molecule has 1 N–H and O–H groups in total. The SMILES string of the molecule is CNCc1cccc(Cl)c1OCC1(CC#N)CC1. The number of nitrogens with zero attached hydrogens (tertiary/aromatic N) is 1. The molecule has 0 aliphatic heterocycles. The molecule has 96 valence electrons. The Balaban J connectivity index is 2.07. The second-order valence-corrected chi connectivity index (χ2v) is 5.29. The number of hydrogen-bond acceptors (Lipinski definition) is 3. The molecule has 0 atom stereocenters. The van der Waals surface area contributed by atoms with Gasteiger partial charge in [0.2, 0.25) is 0 Å². The first kappa shape index (κ1) is 13.2. The molecule has 2 rings (SSSR count). The van der Waals surface area contributed by atoms with Gasteiger partial charge in [-0.1, -0.05) is 23.7 Å². The van der Waals surface area contributed by atoms with Crippen molar-refractivity contribution in [2.24, 2.45) is 5.41 Å². The summed E-state index contributed by atoms with van der Waals surface area (Å²) in [5, 5.41) is 12.5. The van der Waals surface area contributed by atoms with Gasteiger partial charge in [0, 0.05) is 23.9 Å². The highest BCUT2D eigenvalue weighted by Crippen LogP contribution is 2.49. The highest BCUT2D eigenvalue weighted by Gasteiger charge is 2.43. The number of halogens is 1. The third kappa shape index (κ3) is 2.95. The number of nitrogens with one attached hydrogen (secondary N) is 1. The van der Waals surface area contributed by atoms with E-state index in [-0.39, 0.29) is 5.41 Å². The minimum Gasteiger partial charge on any atom is -0.491 e. The Morgan fingerprint density at radius 1 is 1.50 bits per heavy atom. The molecule has 0 spiro atoms. The molecule has 3 nitrogen and oxygen atoms in total. The fourth-order valence-electron chi connectivity index (χ4n) is 1.99. The van der Waals surface area contributed by atoms with Crippen LogP contribution in [0.3, 0.4) is 0 Å². The van der Waals surface area contributed by atoms with E-state index in [9.17, 15) is 0 Å². The maximum absolute atomic E-state index is 8.79. The topological polar surface area (TPSA) is 45.0 Å². The van der Waals surface area contributed by atoms with Gasteiger partial charge in [0.1, 0.15) is 5.75 Å². The van der Waals surface area contributed by atoms with Crippen LogP contribution in [0.5, 0.6) is 5.75 Å². The van der Waals surface area contributed by atoms with Crippen molar-refractivity contribution < 1.29 is 4.74 Å². The van der Waals surface area contributed by atoms with E-state index in [1.165, 1.54) is 0 Å². The lowest BCUT2D eigenvalue weighted by atomic mass is 10.1. The molecule has 0 bridgehead atoms. The van der Waals surface area contributed by atoms with E-state index in [4.69, 9.17) is 21.6 Å². The standard InChI is InChI=1S/C14H17ClN2O/c1-17-9-11-3-2-4-12(15)13(11)18-10-14(5-6-14)7-8-16/h2-4,17H,5-7,9-10H2,1H3. The van der Waals surface area contributed by atoms with E-state index in [1.54, 1.807) is 0 Å². The third-order valence-corrected chi connectivity index (χ3v) is 3.65. The molecule has 1 aromatic rings. The molecule has 0 unspecified atom stereocenters. The van der Waals surface area contributed by atoms with E-state index in [1.807, 2.05) is 25.2 Å². The summed E-state index contributed by atoms with van der Waals surface area (Å²) in [5.74, 6) is 0.748. The zero-order valence-electron chi connectivity index (χ0n) is 10.5. The van der Waals surface area contributed by atoms with Crippen LogP contribution in [0, 0.1) is 16.7 Å². The summed E-state index contributed by atoms with van der Waals surface area (Å²) in [6.07, 6.45) is 2.72. The van der Waals surface area contributed by atoms with E-state index in [0.29, 0.717) is 18.1 Å². The van der Waals surface area contributed by atoms with E-state index in [2.05, 4.69) is 11.4 Å². The Morgan fingerprint density at radius 2 is 2.28 bits per heavy atom. The Hall–Kier alpha value is -1.24. The minimum atomic E-state index is 0.0742. The van der Waals surface area contributed by atoms with Crippen LogP contribution >= 0.6 is 11.6 Å². The van der Waals surface area contributed by atoms with Crippen LogP contribution in [0.4, 0.5) is 0 Å². The molecule has 0 aromatic heterocycles. The van der Waals surface area contributed by atoms with E-state index < -0.39 is 0 Å². The smallest absolute Gasteiger partial charge is 0.142 e. The van der Waals surface area contributed by atoms with Crippen molar-refractivity contribution in [3.63, 3.8) is 0 Å². The van der Waals surface area contributed by atoms with Gasteiger partial charge in [0.05, 0.1) is 17.7 Å². The summed E-state index contributed by atoms with van der Waals surface area (Å²) in [7, 11) is 1.89. The van der Waals surface area contributed by atoms with Crippen LogP contribution in [-0.2, 0) is 6.54 Å². The highest BCUT2D eigenvalue weighted by atomic mass is 35.5. The fraction of sp³-hybridized carbons (Fsp3) is 0.500. The molecule has 1 aromatic carbocycles. The van der Waals surface area contributed by atoms with Crippen LogP contribution in [-0.4, -0.2) is 13.7 Å². The van der Waals surface area contributed by atoms with Crippen molar-refractivity contribution in [2.75, 3.05) is 13.7 Å². The molecule has 0 radical (unpaired) electrons. The summed E-state index contributed by atoms with van der Waals surface area (Å²) in [5.41, 5.74) is 1.13. The summed E-state index contributed by atoms with van der Waals surface area (Å²) >= 11 is 6.17. The molecule has 1 saturated carbocycles. The average Bonchev–Trinajstić information content (AvgIpc) is 3.10. The summed E-state index contributed by atoms with van der Waals surface area (Å²) in [6, 6.07) is 7.99. The Labute approximate surface area is 113 Å². The van der Waals surface area contributed by atoms with Gasteiger partial charge in [-0.25, -0.2) is 0 Å². The van der Waals surface area contributed by atoms with Crippen molar-refractivity contribution in [1.82, 2.24) is 5.32 Å². The van der Waals surface area contributed by atoms with Crippen molar-refractivity contribution in [3.05, 3.63) is 28.8 Å². The molecular weight excluding hydrogens is 248 g/mol. The van der Waals surface area contributed by atoms with Crippen LogP contribution < -0.4 is 10.1 Å². The van der Waals surface area contributed by atoms with Crippen molar-refractivity contribution in [1.29, 1.82) is 5.26 Å². The third-order valence-electron chi connectivity index (χ3n) is 3.35. The van der Waals surface area contributed by atoms with Gasteiger partial charge < -0.3 is 10.1 Å². The van der Waals surface area contributed by atoms with Crippen LogP contribution in [0.15, 0.2) is 18.2 Å². The highest BCUT2D eigenvalue weighted by molar-refractivity contribution is 6.32. The Bertz CT molecular complexity index is 463. The number of ether oxygens (including phenoxy) is 1. The van der Waals surface area contributed by atoms with Gasteiger partial charge in [-0.05, 0) is 26.0 Å². The Morgan fingerprint density at radius 3 is 2.89 bits per heavy atom. The lowest BCUT2D eigenvalue weighted by Gasteiger charge is -2.16. The van der Waals surface area contributed by atoms with Gasteiger partial charge in [0.15, 0.2) is 0 Å². The van der Waals surface area contributed by atoms with Crippen molar-refractivity contribution in [3.8, 4) is 11.8 Å². The molecule has 18 heavy (non-hydrogen) atoms. The van der Waals surface area contributed by atoms with E-state index in [0.717, 1.165) is 30.7 Å². The molecule has 1 aliphatic carbocycles. The van der Waals surface area contributed by atoms with Gasteiger partial charge in [0.25, 0.3) is 0 Å². The molecule has 1 aliphatic rings. The largest absolute Gasteiger partial charge is 0.491 e. The van der Waals surface area contributed by atoms with Gasteiger partial charge in [-0.3, -0.25) is 0 Å². The zero-order chi connectivity index (χ0) is 13.0. The summed E-state index contributed by atoms with van der Waals surface area (Å²) < 4.78 is 5.88. The van der Waals surface area contributed by atoms with Gasteiger partial charge in [-0.2, -0.15) is 5.26 Å². The van der Waals surface area contributed by atoms with Crippen LogP contribution in [0.2, 0.25) is 5.02 Å². The normalized spacial score (nSPS) is 16.1. The van der Waals surface area contributed by atoms with Crippen molar-refractivity contribution >= 4 is 11.6 Å². The number of para-hydroxylation sites is 1. The monoisotopic (exact) mass is 264 g/mol. The summed E-state index contributed by atoms with van der Waals surface area (Å²) in [4.78, 5) is 0. The maximum Gasteiger partial charge on any atom is 0.142 e. The number of nitriles is 1. The molecular formula is C14H17ClN2O. The molecule has 0 heterocycles. The number of rotatable bonds is 6. The van der Waals surface area contributed by atoms with Gasteiger partial charge >= 0.3 is 0 Å². The quantitative estimate of drug-likeness (QED) is 0.859. The first-order valence-corrected chi connectivity index (χ1v) is 6.50. The first-order chi connectivity index (χ1) is 8.71. The molecule has 0 saturated heterocycles. The lowest BCUT2D eigenvalue weighted by molar-refractivity contribution is 0.234. The lowest BCUT2D eigenvalue weighted by Crippen LogP contribution is -2.15. The molecule has 1 fully saturated rings. The predicted octanol–water partition coefficient (Wildman–Crippen LogP) is 3.13. The minimum absolute atomic E-state index is 0.0742. The second kappa shape index (κ2) is 5.60. The van der Waals surface area contributed by atoms with E-state index >= 15 is 0 Å². The maximum atomic E-state index is 8.79. The number of hydrogen-bond donors (Lipinski definition) is 1.